The first-order valence-corrected chi connectivity index (χ1v) is 8.88. The maximum absolute atomic E-state index is 12.7. The van der Waals surface area contributed by atoms with E-state index in [0.29, 0.717) is 35.7 Å². The first kappa shape index (κ1) is 19.7. The largest absolute Gasteiger partial charge is 0.417 e. The van der Waals surface area contributed by atoms with Gasteiger partial charge in [-0.2, -0.15) is 18.4 Å². The number of nitriles is 1. The number of pyridine rings is 1. The van der Waals surface area contributed by atoms with Crippen LogP contribution in [0.1, 0.15) is 41.3 Å². The topological polar surface area (TPSA) is 69.0 Å². The lowest BCUT2D eigenvalue weighted by Gasteiger charge is -2.34. The Morgan fingerprint density at radius 2 is 1.96 bits per heavy atom. The van der Waals surface area contributed by atoms with Gasteiger partial charge in [0.1, 0.15) is 11.9 Å². The molecule has 0 aliphatic carbocycles. The molecule has 3 rings (SSSR count). The molecule has 0 spiro atoms. The number of piperidine rings is 1. The number of benzene rings is 1. The minimum absolute atomic E-state index is 0.0734. The summed E-state index contributed by atoms with van der Waals surface area (Å²) in [5.74, 6) is 0.443. The van der Waals surface area contributed by atoms with Crippen molar-refractivity contribution in [3.8, 4) is 6.07 Å². The minimum atomic E-state index is -4.39. The van der Waals surface area contributed by atoms with Crippen LogP contribution in [-0.2, 0) is 6.18 Å². The van der Waals surface area contributed by atoms with Gasteiger partial charge < -0.3 is 10.2 Å². The van der Waals surface area contributed by atoms with E-state index in [1.165, 1.54) is 13.0 Å². The number of hydrogen-bond donors (Lipinski definition) is 1. The highest BCUT2D eigenvalue weighted by molar-refractivity contribution is 5.95. The predicted octanol–water partition coefficient (Wildman–Crippen LogP) is 4.26. The normalized spacial score (nSPS) is 15.2. The molecule has 146 valence electrons. The van der Waals surface area contributed by atoms with Gasteiger partial charge in [0.15, 0.2) is 5.78 Å². The molecule has 1 saturated heterocycles. The Bertz CT molecular complexity index is 895. The number of carbonyl (C=O) groups excluding carboxylic acids is 1. The fourth-order valence-electron chi connectivity index (χ4n) is 3.19. The number of hydrogen-bond acceptors (Lipinski definition) is 5. The summed E-state index contributed by atoms with van der Waals surface area (Å²) in [6.45, 7) is 2.73. The zero-order valence-electron chi connectivity index (χ0n) is 15.3. The van der Waals surface area contributed by atoms with Crippen molar-refractivity contribution in [3.63, 3.8) is 0 Å². The van der Waals surface area contributed by atoms with Gasteiger partial charge in [-0.3, -0.25) is 4.79 Å². The summed E-state index contributed by atoms with van der Waals surface area (Å²) in [4.78, 5) is 17.5. The Morgan fingerprint density at radius 1 is 1.25 bits per heavy atom. The first-order valence-electron chi connectivity index (χ1n) is 8.88. The van der Waals surface area contributed by atoms with E-state index in [9.17, 15) is 23.2 Å². The summed E-state index contributed by atoms with van der Waals surface area (Å²) in [7, 11) is 0. The van der Waals surface area contributed by atoms with Crippen molar-refractivity contribution in [2.24, 2.45) is 0 Å². The highest BCUT2D eigenvalue weighted by Crippen LogP contribution is 2.30. The van der Waals surface area contributed by atoms with Crippen molar-refractivity contribution in [3.05, 3.63) is 53.2 Å². The summed E-state index contributed by atoms with van der Waals surface area (Å²) in [5.41, 5.74) is 0.869. The lowest BCUT2D eigenvalue weighted by atomic mass is 10.0. The molecule has 1 N–H and O–H groups in total. The van der Waals surface area contributed by atoms with E-state index in [0.717, 1.165) is 25.1 Å². The molecule has 1 aromatic carbocycles. The van der Waals surface area contributed by atoms with Crippen molar-refractivity contribution >= 4 is 17.3 Å². The molecule has 0 radical (unpaired) electrons. The Morgan fingerprint density at radius 3 is 2.50 bits per heavy atom. The third-order valence-electron chi connectivity index (χ3n) is 4.80. The molecular weight excluding hydrogens is 369 g/mol. The molecule has 0 amide bonds. The maximum atomic E-state index is 12.7. The molecule has 1 aromatic heterocycles. The van der Waals surface area contributed by atoms with Crippen LogP contribution in [-0.4, -0.2) is 29.9 Å². The van der Waals surface area contributed by atoms with Gasteiger partial charge in [0.2, 0.25) is 0 Å². The molecule has 0 bridgehead atoms. The number of Topliss-reactive ketones (excluding diaryl/α,β-unsaturated/α-hetero) is 1. The Balaban J connectivity index is 1.64. The van der Waals surface area contributed by atoms with Crippen LogP contribution < -0.4 is 10.2 Å². The molecule has 0 unspecified atom stereocenters. The van der Waals surface area contributed by atoms with Gasteiger partial charge in [-0.15, -0.1) is 0 Å². The van der Waals surface area contributed by atoms with E-state index in [1.54, 1.807) is 18.2 Å². The van der Waals surface area contributed by atoms with Crippen molar-refractivity contribution in [2.45, 2.75) is 32.0 Å². The second-order valence-electron chi connectivity index (χ2n) is 6.74. The summed E-state index contributed by atoms with van der Waals surface area (Å²) in [6.07, 6.45) is -2.07. The number of aromatic nitrogens is 1. The van der Waals surface area contributed by atoms with Crippen LogP contribution in [0, 0.1) is 11.3 Å². The summed E-state index contributed by atoms with van der Waals surface area (Å²) >= 11 is 0. The number of anilines is 2. The molecule has 1 aliphatic heterocycles. The Labute approximate surface area is 160 Å². The van der Waals surface area contributed by atoms with Gasteiger partial charge in [-0.25, -0.2) is 4.98 Å². The van der Waals surface area contributed by atoms with Crippen LogP contribution in [0.25, 0.3) is 0 Å². The number of nitrogens with one attached hydrogen (secondary N) is 1. The summed E-state index contributed by atoms with van der Waals surface area (Å²) in [6, 6.07) is 9.59. The lowest BCUT2D eigenvalue weighted by Crippen LogP contribution is -2.39. The van der Waals surface area contributed by atoms with Crippen molar-refractivity contribution in [1.82, 2.24) is 4.98 Å². The van der Waals surface area contributed by atoms with Crippen LogP contribution >= 0.6 is 0 Å². The quantitative estimate of drug-likeness (QED) is 0.793. The van der Waals surface area contributed by atoms with E-state index in [-0.39, 0.29) is 11.8 Å². The highest BCUT2D eigenvalue weighted by Gasteiger charge is 2.31. The molecule has 0 saturated carbocycles. The van der Waals surface area contributed by atoms with Crippen molar-refractivity contribution < 1.29 is 18.0 Å². The zero-order chi connectivity index (χ0) is 20.3. The van der Waals surface area contributed by atoms with Crippen molar-refractivity contribution in [1.29, 1.82) is 5.26 Å². The van der Waals surface area contributed by atoms with Crippen molar-refractivity contribution in [2.75, 3.05) is 23.3 Å². The monoisotopic (exact) mass is 388 g/mol. The fourth-order valence-corrected chi connectivity index (χ4v) is 3.19. The van der Waals surface area contributed by atoms with Crippen LogP contribution in [0.4, 0.5) is 24.7 Å². The standard InChI is InChI=1S/C20H19F3N4O/c1-13(28)14-2-3-15(11-24)18(10-14)26-17-6-8-27(9-7-17)19-5-4-16(12-25-19)20(21,22)23/h2-5,10,12,17,26H,6-9H2,1H3. The third-order valence-corrected chi connectivity index (χ3v) is 4.80. The molecule has 2 aromatic rings. The fraction of sp³-hybridized carbons (Fsp3) is 0.350. The average Bonchev–Trinajstić information content (AvgIpc) is 2.68. The highest BCUT2D eigenvalue weighted by atomic mass is 19.4. The van der Waals surface area contributed by atoms with Crippen LogP contribution in [0.3, 0.4) is 0 Å². The summed E-state index contributed by atoms with van der Waals surface area (Å²) < 4.78 is 38.0. The number of carbonyl (C=O) groups is 1. The van der Waals surface area contributed by atoms with E-state index in [1.807, 2.05) is 4.90 Å². The van der Waals surface area contributed by atoms with E-state index < -0.39 is 11.7 Å². The van der Waals surface area contributed by atoms with Crippen LogP contribution in [0.15, 0.2) is 36.5 Å². The first-order chi connectivity index (χ1) is 13.3. The van der Waals surface area contributed by atoms with E-state index in [2.05, 4.69) is 16.4 Å². The molecule has 8 heteroatoms. The van der Waals surface area contributed by atoms with E-state index >= 15 is 0 Å². The molecule has 0 atom stereocenters. The third kappa shape index (κ3) is 4.42. The van der Waals surface area contributed by atoms with Crippen LogP contribution in [0.5, 0.6) is 0 Å². The molecule has 2 heterocycles. The number of alkyl halides is 3. The Hall–Kier alpha value is -3.08. The second-order valence-corrected chi connectivity index (χ2v) is 6.74. The van der Waals surface area contributed by atoms with E-state index in [4.69, 9.17) is 0 Å². The van der Waals surface area contributed by atoms with Gasteiger partial charge in [0.25, 0.3) is 0 Å². The second kappa shape index (κ2) is 7.89. The number of halogens is 3. The van der Waals surface area contributed by atoms with Crippen LogP contribution in [0.2, 0.25) is 0 Å². The molecular formula is C20H19F3N4O. The van der Waals surface area contributed by atoms with Gasteiger partial charge in [-0.05, 0) is 50.1 Å². The number of ketones is 1. The minimum Gasteiger partial charge on any atom is -0.381 e. The van der Waals surface area contributed by atoms with Gasteiger partial charge >= 0.3 is 6.18 Å². The summed E-state index contributed by atoms with van der Waals surface area (Å²) in [5, 5.41) is 12.6. The predicted molar refractivity (Wildman–Crippen MR) is 99.3 cm³/mol. The number of nitrogens with zero attached hydrogens (tertiary/aromatic N) is 3. The SMILES string of the molecule is CC(=O)c1ccc(C#N)c(NC2CCN(c3ccc(C(F)(F)F)cn3)CC2)c1. The lowest BCUT2D eigenvalue weighted by molar-refractivity contribution is -0.137. The Kier molecular flexibility index (Phi) is 5.54. The van der Waals surface area contributed by atoms with Gasteiger partial charge in [-0.1, -0.05) is 0 Å². The molecule has 28 heavy (non-hydrogen) atoms. The molecule has 5 nitrogen and oxygen atoms in total. The number of rotatable bonds is 4. The van der Waals surface area contributed by atoms with Gasteiger partial charge in [0.05, 0.1) is 16.8 Å². The molecule has 1 aliphatic rings. The maximum Gasteiger partial charge on any atom is 0.417 e. The average molecular weight is 388 g/mol. The smallest absolute Gasteiger partial charge is 0.381 e. The van der Waals surface area contributed by atoms with Gasteiger partial charge in [0, 0.05) is 30.9 Å². The molecule has 1 fully saturated rings. The zero-order valence-corrected chi connectivity index (χ0v) is 15.3.